The second kappa shape index (κ2) is 7.16. The number of pyridine rings is 1. The first-order valence-corrected chi connectivity index (χ1v) is 10.3. The summed E-state index contributed by atoms with van der Waals surface area (Å²) in [5.41, 5.74) is 7.12. The topological polar surface area (TPSA) is 166 Å². The molecular formula is C18H17N7O3S. The molecule has 2 aromatic heterocycles. The lowest BCUT2D eigenvalue weighted by Crippen LogP contribution is -2.49. The zero-order valence-corrected chi connectivity index (χ0v) is 15.9. The second-order valence-corrected chi connectivity index (χ2v) is 8.50. The lowest BCUT2D eigenvalue weighted by Gasteiger charge is -2.37. The average molecular weight is 411 g/mol. The number of fused-ring (bicyclic) bond motifs is 1. The van der Waals surface area contributed by atoms with Crippen LogP contribution in [-0.4, -0.2) is 30.5 Å². The van der Waals surface area contributed by atoms with Crippen LogP contribution in [0.5, 0.6) is 0 Å². The van der Waals surface area contributed by atoms with Crippen molar-refractivity contribution in [1.29, 1.82) is 5.26 Å². The average Bonchev–Trinajstić information content (AvgIpc) is 3.15. The van der Waals surface area contributed by atoms with Gasteiger partial charge in [-0.2, -0.15) is 5.26 Å². The maximum absolute atomic E-state index is 12.6. The first-order valence-electron chi connectivity index (χ1n) is 8.80. The van der Waals surface area contributed by atoms with Crippen molar-refractivity contribution < 1.29 is 8.42 Å². The standard InChI is InChI=1S/C18H17N7O3S/c19-8-10-9-22-18-13(4-5-21-18)16(10)23-11-6-12(7-11)25-29(27,28)15-3-1-2-14(20)17(15)24-26/h1-5,9,11-12,25H,6-7,20H2,(H2,21,22,23). The SMILES string of the molecule is N#Cc1cnc2[nH]ccc2c1NC1CC(NS(=O)(=O)c2cccc(N)c2N=O)C1. The number of nitrogens with one attached hydrogen (secondary N) is 3. The number of nitriles is 1. The highest BCUT2D eigenvalue weighted by Crippen LogP contribution is 2.33. The number of nitrogen functional groups attached to an aromatic ring is 1. The first kappa shape index (κ1) is 18.9. The maximum atomic E-state index is 12.6. The van der Waals surface area contributed by atoms with E-state index in [4.69, 9.17) is 5.73 Å². The van der Waals surface area contributed by atoms with Crippen molar-refractivity contribution >= 4 is 38.1 Å². The van der Waals surface area contributed by atoms with Gasteiger partial charge in [-0.15, -0.1) is 4.91 Å². The van der Waals surface area contributed by atoms with Crippen molar-refractivity contribution in [1.82, 2.24) is 14.7 Å². The van der Waals surface area contributed by atoms with E-state index in [0.717, 1.165) is 5.39 Å². The smallest absolute Gasteiger partial charge is 0.243 e. The van der Waals surface area contributed by atoms with Gasteiger partial charge in [0.1, 0.15) is 16.6 Å². The second-order valence-electron chi connectivity index (χ2n) is 6.81. The molecule has 1 aliphatic carbocycles. The fourth-order valence-corrected chi connectivity index (χ4v) is 4.85. The van der Waals surface area contributed by atoms with Gasteiger partial charge in [0.2, 0.25) is 10.0 Å². The third kappa shape index (κ3) is 3.39. The molecule has 0 atom stereocenters. The van der Waals surface area contributed by atoms with Crippen LogP contribution < -0.4 is 15.8 Å². The van der Waals surface area contributed by atoms with Gasteiger partial charge in [-0.25, -0.2) is 18.1 Å². The van der Waals surface area contributed by atoms with E-state index < -0.39 is 10.0 Å². The number of rotatable bonds is 6. The Bertz CT molecular complexity index is 1240. The molecule has 0 radical (unpaired) electrons. The zero-order chi connectivity index (χ0) is 20.6. The zero-order valence-electron chi connectivity index (χ0n) is 15.1. The fraction of sp³-hybridized carbons (Fsp3) is 0.222. The Morgan fingerprint density at radius 1 is 1.28 bits per heavy atom. The van der Waals surface area contributed by atoms with Crippen LogP contribution in [0.25, 0.3) is 11.0 Å². The van der Waals surface area contributed by atoms with Gasteiger partial charge in [-0.1, -0.05) is 6.07 Å². The minimum Gasteiger partial charge on any atom is -0.397 e. The number of sulfonamides is 1. The molecule has 1 aromatic carbocycles. The molecule has 4 rings (SSSR count). The lowest BCUT2D eigenvalue weighted by molar-refractivity contribution is 0.346. The minimum atomic E-state index is -3.94. The van der Waals surface area contributed by atoms with Gasteiger partial charge in [0.15, 0.2) is 5.69 Å². The van der Waals surface area contributed by atoms with Crippen molar-refractivity contribution in [2.24, 2.45) is 5.18 Å². The largest absolute Gasteiger partial charge is 0.397 e. The highest BCUT2D eigenvalue weighted by atomic mass is 32.2. The molecule has 11 heteroatoms. The Labute approximate surface area is 166 Å². The van der Waals surface area contributed by atoms with Crippen LogP contribution in [0.3, 0.4) is 0 Å². The van der Waals surface area contributed by atoms with E-state index in [1.165, 1.54) is 24.4 Å². The quantitative estimate of drug-likeness (QED) is 0.357. The molecule has 1 saturated carbocycles. The number of hydrogen-bond acceptors (Lipinski definition) is 8. The summed E-state index contributed by atoms with van der Waals surface area (Å²) in [5.74, 6) is 0. The molecule has 1 fully saturated rings. The number of hydrogen-bond donors (Lipinski definition) is 4. The molecule has 5 N–H and O–H groups in total. The number of nitroso groups, excluding NO2 is 1. The summed E-state index contributed by atoms with van der Waals surface area (Å²) in [6, 6.07) is 7.79. The number of anilines is 2. The molecule has 0 saturated heterocycles. The van der Waals surface area contributed by atoms with Crippen molar-refractivity contribution in [3.63, 3.8) is 0 Å². The van der Waals surface area contributed by atoms with Crippen LogP contribution in [0, 0.1) is 16.2 Å². The summed E-state index contributed by atoms with van der Waals surface area (Å²) < 4.78 is 27.8. The fourth-order valence-electron chi connectivity index (χ4n) is 3.42. The Morgan fingerprint density at radius 2 is 2.07 bits per heavy atom. The van der Waals surface area contributed by atoms with E-state index in [0.29, 0.717) is 29.7 Å². The predicted molar refractivity (Wildman–Crippen MR) is 108 cm³/mol. The number of nitrogens with zero attached hydrogens (tertiary/aromatic N) is 3. The summed E-state index contributed by atoms with van der Waals surface area (Å²) >= 11 is 0. The van der Waals surface area contributed by atoms with Crippen LogP contribution >= 0.6 is 0 Å². The molecule has 29 heavy (non-hydrogen) atoms. The Morgan fingerprint density at radius 3 is 2.79 bits per heavy atom. The molecule has 148 valence electrons. The van der Waals surface area contributed by atoms with E-state index >= 15 is 0 Å². The Hall–Kier alpha value is -3.49. The molecule has 0 spiro atoms. The first-order chi connectivity index (χ1) is 13.9. The van der Waals surface area contributed by atoms with Gasteiger partial charge in [0.25, 0.3) is 0 Å². The van der Waals surface area contributed by atoms with E-state index in [1.54, 1.807) is 6.20 Å². The van der Waals surface area contributed by atoms with E-state index in [9.17, 15) is 18.6 Å². The summed E-state index contributed by atoms with van der Waals surface area (Å²) in [6.07, 6.45) is 4.27. The van der Waals surface area contributed by atoms with Crippen LogP contribution in [0.1, 0.15) is 18.4 Å². The van der Waals surface area contributed by atoms with Crippen LogP contribution in [-0.2, 0) is 10.0 Å². The summed E-state index contributed by atoms with van der Waals surface area (Å²) in [4.78, 5) is 17.9. The predicted octanol–water partition coefficient (Wildman–Crippen LogP) is 2.34. The molecule has 2 heterocycles. The van der Waals surface area contributed by atoms with Gasteiger partial charge >= 0.3 is 0 Å². The third-order valence-corrected chi connectivity index (χ3v) is 6.48. The summed E-state index contributed by atoms with van der Waals surface area (Å²) in [7, 11) is -3.94. The van der Waals surface area contributed by atoms with Crippen LogP contribution in [0.15, 0.2) is 46.7 Å². The monoisotopic (exact) mass is 411 g/mol. The molecule has 10 nitrogen and oxygen atoms in total. The Kier molecular flexibility index (Phi) is 4.65. The van der Waals surface area contributed by atoms with Crippen molar-refractivity contribution in [2.45, 2.75) is 29.8 Å². The van der Waals surface area contributed by atoms with Gasteiger partial charge in [-0.05, 0) is 36.2 Å². The molecule has 0 unspecified atom stereocenters. The third-order valence-electron chi connectivity index (χ3n) is 4.93. The van der Waals surface area contributed by atoms with Gasteiger partial charge in [0.05, 0.1) is 16.9 Å². The Balaban J connectivity index is 1.47. The normalized spacial score (nSPS) is 18.7. The van der Waals surface area contributed by atoms with Crippen molar-refractivity contribution in [3.8, 4) is 6.07 Å². The van der Waals surface area contributed by atoms with Gasteiger partial charge in [-0.3, -0.25) is 0 Å². The number of aromatic amines is 1. The highest BCUT2D eigenvalue weighted by Gasteiger charge is 2.34. The number of aromatic nitrogens is 2. The van der Waals surface area contributed by atoms with Crippen LogP contribution in [0.2, 0.25) is 0 Å². The summed E-state index contributed by atoms with van der Waals surface area (Å²) in [5, 5.41) is 16.2. The van der Waals surface area contributed by atoms with E-state index in [2.05, 4.69) is 31.3 Å². The number of nitrogens with two attached hydrogens (primary N) is 1. The molecule has 0 aliphatic heterocycles. The minimum absolute atomic E-state index is 0.00765. The van der Waals surface area contributed by atoms with E-state index in [1.807, 2.05) is 6.07 Å². The number of benzene rings is 1. The van der Waals surface area contributed by atoms with Crippen LogP contribution in [0.4, 0.5) is 17.1 Å². The molecule has 3 aromatic rings. The summed E-state index contributed by atoms with van der Waals surface area (Å²) in [6.45, 7) is 0. The highest BCUT2D eigenvalue weighted by molar-refractivity contribution is 7.89. The molecular weight excluding hydrogens is 394 g/mol. The number of H-pyrrole nitrogens is 1. The maximum Gasteiger partial charge on any atom is 0.243 e. The molecule has 0 amide bonds. The molecule has 1 aliphatic rings. The van der Waals surface area contributed by atoms with Gasteiger partial charge < -0.3 is 16.0 Å². The van der Waals surface area contributed by atoms with E-state index in [-0.39, 0.29) is 28.4 Å². The van der Waals surface area contributed by atoms with Crippen molar-refractivity contribution in [3.05, 3.63) is 47.1 Å². The lowest BCUT2D eigenvalue weighted by atomic mass is 9.87. The molecule has 0 bridgehead atoms. The van der Waals surface area contributed by atoms with Crippen molar-refractivity contribution in [2.75, 3.05) is 11.1 Å². The van der Waals surface area contributed by atoms with Gasteiger partial charge in [0, 0.05) is 29.9 Å².